The van der Waals surface area contributed by atoms with Crippen LogP contribution >= 0.6 is 0 Å². The number of nitrogens with one attached hydrogen (secondary N) is 3. The minimum Gasteiger partial charge on any atom is -0.369 e. The summed E-state index contributed by atoms with van der Waals surface area (Å²) < 4.78 is 15.0. The topological polar surface area (TPSA) is 126 Å². The van der Waals surface area contributed by atoms with Crippen LogP contribution in [0.25, 0.3) is 0 Å². The van der Waals surface area contributed by atoms with E-state index >= 15 is 0 Å². The van der Waals surface area contributed by atoms with Crippen LogP contribution in [0.3, 0.4) is 0 Å². The average Bonchev–Trinajstić information content (AvgIpc) is 3.11. The summed E-state index contributed by atoms with van der Waals surface area (Å²) in [5.41, 5.74) is 2.61. The van der Waals surface area contributed by atoms with Crippen LogP contribution in [-0.2, 0) is 0 Å². The fourth-order valence-corrected chi connectivity index (χ4v) is 4.66. The van der Waals surface area contributed by atoms with Crippen molar-refractivity contribution in [3.8, 4) is 6.07 Å². The van der Waals surface area contributed by atoms with Crippen LogP contribution in [-0.4, -0.2) is 51.1 Å². The largest absolute Gasteiger partial charge is 0.369 e. The molecule has 0 saturated carbocycles. The average molecular weight is 474 g/mol. The number of anilines is 3. The van der Waals surface area contributed by atoms with E-state index in [4.69, 9.17) is 0 Å². The maximum atomic E-state index is 15.0. The summed E-state index contributed by atoms with van der Waals surface area (Å²) in [6.45, 7) is 2.96. The fraction of sp³-hybridized carbons (Fsp3) is 0.280. The van der Waals surface area contributed by atoms with Crippen molar-refractivity contribution in [2.45, 2.75) is 31.7 Å². The number of hydrogen-bond acceptors (Lipinski definition) is 8. The van der Waals surface area contributed by atoms with Crippen molar-refractivity contribution in [3.63, 3.8) is 0 Å². The first-order valence-corrected chi connectivity index (χ1v) is 11.3. The van der Waals surface area contributed by atoms with Gasteiger partial charge in [0.1, 0.15) is 6.07 Å². The number of pyridine rings is 2. The number of aliphatic hydroxyl groups is 1. The number of halogens is 1. The van der Waals surface area contributed by atoms with E-state index in [0.29, 0.717) is 36.3 Å². The van der Waals surface area contributed by atoms with Crippen molar-refractivity contribution >= 4 is 23.2 Å². The fourth-order valence-electron chi connectivity index (χ4n) is 4.66. The number of fused-ring (bicyclic) bond motifs is 1. The Morgan fingerprint density at radius 2 is 2.09 bits per heavy atom. The van der Waals surface area contributed by atoms with Crippen molar-refractivity contribution in [2.24, 2.45) is 0 Å². The van der Waals surface area contributed by atoms with Crippen LogP contribution in [0.4, 0.5) is 21.7 Å². The molecule has 1 amide bonds. The van der Waals surface area contributed by atoms with Gasteiger partial charge >= 0.3 is 0 Å². The molecule has 3 aromatic rings. The third-order valence-corrected chi connectivity index (χ3v) is 6.33. The molecule has 2 aliphatic rings. The Hall–Kier alpha value is -4.07. The van der Waals surface area contributed by atoms with E-state index in [-0.39, 0.29) is 29.1 Å². The molecule has 3 unspecified atom stereocenters. The van der Waals surface area contributed by atoms with Crippen molar-refractivity contribution in [1.29, 1.82) is 5.26 Å². The van der Waals surface area contributed by atoms with Gasteiger partial charge in [-0.15, -0.1) is 0 Å². The Bertz CT molecular complexity index is 1330. The summed E-state index contributed by atoms with van der Waals surface area (Å²) in [7, 11) is 0. The quantitative estimate of drug-likeness (QED) is 0.446. The Balaban J connectivity index is 1.43. The molecular weight excluding hydrogens is 449 g/mol. The Morgan fingerprint density at radius 1 is 1.26 bits per heavy atom. The number of nitriles is 1. The van der Waals surface area contributed by atoms with Crippen molar-refractivity contribution in [2.75, 3.05) is 23.7 Å². The lowest BCUT2D eigenvalue weighted by Crippen LogP contribution is -2.57. The van der Waals surface area contributed by atoms with E-state index in [1.54, 1.807) is 36.7 Å². The highest BCUT2D eigenvalue weighted by atomic mass is 19.1. The number of rotatable bonds is 5. The molecule has 5 rings (SSSR count). The molecule has 178 valence electrons. The van der Waals surface area contributed by atoms with Crippen molar-refractivity contribution < 1.29 is 14.3 Å². The maximum Gasteiger partial charge on any atom is 0.256 e. The smallest absolute Gasteiger partial charge is 0.256 e. The standard InChI is InChI=1S/C25H24FN7O2/c1-14-8-16(12-29-11-14)30-22-15(10-27)9-19(26)23(32-22)31-20-6-7-28-13-21(20)33-24(34)17-4-2-3-5-18(17)25(33)35/h2-5,8-9,11-12,20-21,24,28,34H,6-7,13H2,1H3,(H2,30,31,32). The Morgan fingerprint density at radius 3 is 2.86 bits per heavy atom. The van der Waals surface area contributed by atoms with Gasteiger partial charge in [-0.3, -0.25) is 9.78 Å². The summed E-state index contributed by atoms with van der Waals surface area (Å²) in [5.74, 6) is -0.791. The van der Waals surface area contributed by atoms with Gasteiger partial charge in [0.15, 0.2) is 23.7 Å². The van der Waals surface area contributed by atoms with Crippen molar-refractivity contribution in [3.05, 3.63) is 76.9 Å². The molecule has 3 atom stereocenters. The number of piperidine rings is 1. The Kier molecular flexibility index (Phi) is 6.03. The summed E-state index contributed by atoms with van der Waals surface area (Å²) in [6.07, 6.45) is 2.78. The Labute approximate surface area is 201 Å². The lowest BCUT2D eigenvalue weighted by molar-refractivity contribution is -0.0105. The maximum absolute atomic E-state index is 15.0. The lowest BCUT2D eigenvalue weighted by atomic mass is 9.98. The summed E-state index contributed by atoms with van der Waals surface area (Å²) >= 11 is 0. The van der Waals surface area contributed by atoms with Crippen LogP contribution in [0, 0.1) is 24.1 Å². The van der Waals surface area contributed by atoms with Gasteiger partial charge in [0, 0.05) is 23.9 Å². The van der Waals surface area contributed by atoms with Gasteiger partial charge in [-0.1, -0.05) is 18.2 Å². The molecule has 0 aliphatic carbocycles. The summed E-state index contributed by atoms with van der Waals surface area (Å²) in [4.78, 5) is 23.0. The van der Waals surface area contributed by atoms with E-state index in [1.807, 2.05) is 19.1 Å². The second-order valence-corrected chi connectivity index (χ2v) is 8.69. The van der Waals surface area contributed by atoms with Crippen LogP contribution < -0.4 is 16.0 Å². The first-order valence-electron chi connectivity index (χ1n) is 11.3. The highest BCUT2D eigenvalue weighted by Gasteiger charge is 2.43. The third kappa shape index (κ3) is 4.27. The van der Waals surface area contributed by atoms with E-state index in [0.717, 1.165) is 11.6 Å². The van der Waals surface area contributed by atoms with E-state index in [2.05, 4.69) is 25.9 Å². The van der Waals surface area contributed by atoms with Crippen LogP contribution in [0.15, 0.2) is 48.8 Å². The molecule has 2 aromatic heterocycles. The number of carbonyl (C=O) groups excluding carboxylic acids is 1. The molecule has 1 saturated heterocycles. The van der Waals surface area contributed by atoms with Gasteiger partial charge in [-0.05, 0) is 43.7 Å². The number of carbonyl (C=O) groups is 1. The zero-order valence-electron chi connectivity index (χ0n) is 19.0. The number of aliphatic hydroxyl groups excluding tert-OH is 1. The zero-order valence-corrected chi connectivity index (χ0v) is 19.0. The molecule has 9 nitrogen and oxygen atoms in total. The van der Waals surface area contributed by atoms with Gasteiger partial charge in [0.05, 0.1) is 29.5 Å². The SMILES string of the molecule is Cc1cncc(Nc2nc(NC3CCNCC3N3C(=O)c4ccccc4C3O)c(F)cc2C#N)c1. The van der Waals surface area contributed by atoms with Crippen molar-refractivity contribution in [1.82, 2.24) is 20.2 Å². The van der Waals surface area contributed by atoms with E-state index in [1.165, 1.54) is 4.90 Å². The molecule has 0 spiro atoms. The molecule has 1 aromatic carbocycles. The number of benzene rings is 1. The predicted molar refractivity (Wildman–Crippen MR) is 127 cm³/mol. The molecule has 0 radical (unpaired) electrons. The number of aryl methyl sites for hydroxylation is 1. The second kappa shape index (κ2) is 9.29. The van der Waals surface area contributed by atoms with Crippen LogP contribution in [0.2, 0.25) is 0 Å². The summed E-state index contributed by atoms with van der Waals surface area (Å²) in [6, 6.07) is 11.1. The zero-order chi connectivity index (χ0) is 24.5. The molecule has 10 heteroatoms. The first-order chi connectivity index (χ1) is 17.0. The van der Waals surface area contributed by atoms with Gasteiger partial charge in [0.2, 0.25) is 0 Å². The highest BCUT2D eigenvalue weighted by Crippen LogP contribution is 2.35. The first kappa shape index (κ1) is 22.7. The van der Waals surface area contributed by atoms with Gasteiger partial charge in [-0.25, -0.2) is 9.37 Å². The minimum atomic E-state index is -1.09. The number of hydrogen-bond donors (Lipinski definition) is 4. The predicted octanol–water partition coefficient (Wildman–Crippen LogP) is 2.83. The molecule has 35 heavy (non-hydrogen) atoms. The number of amides is 1. The highest BCUT2D eigenvalue weighted by molar-refractivity contribution is 5.99. The molecule has 4 N–H and O–H groups in total. The third-order valence-electron chi connectivity index (χ3n) is 6.33. The minimum absolute atomic E-state index is 0.0392. The monoisotopic (exact) mass is 473 g/mol. The van der Waals surface area contributed by atoms with E-state index in [9.17, 15) is 19.6 Å². The molecule has 1 fully saturated rings. The van der Waals surface area contributed by atoms with Gasteiger partial charge in [0.25, 0.3) is 5.91 Å². The molecule has 4 heterocycles. The normalized spacial score (nSPS) is 21.4. The van der Waals surface area contributed by atoms with Gasteiger partial charge in [-0.2, -0.15) is 5.26 Å². The number of aromatic nitrogens is 2. The molecule has 2 aliphatic heterocycles. The summed E-state index contributed by atoms with van der Waals surface area (Å²) in [5, 5.41) is 29.8. The second-order valence-electron chi connectivity index (χ2n) is 8.69. The van der Waals surface area contributed by atoms with Crippen LogP contribution in [0.5, 0.6) is 0 Å². The van der Waals surface area contributed by atoms with Gasteiger partial charge < -0.3 is 26.0 Å². The van der Waals surface area contributed by atoms with Crippen LogP contribution in [0.1, 0.15) is 39.7 Å². The molecule has 0 bridgehead atoms. The number of nitrogens with zero attached hydrogens (tertiary/aromatic N) is 4. The van der Waals surface area contributed by atoms with E-state index < -0.39 is 18.1 Å². The molecular formula is C25H24FN7O2. The lowest BCUT2D eigenvalue weighted by Gasteiger charge is -2.40.